The van der Waals surface area contributed by atoms with E-state index >= 15 is 0 Å². The van der Waals surface area contributed by atoms with Gasteiger partial charge in [-0.05, 0) is 48.4 Å². The zero-order valence-corrected chi connectivity index (χ0v) is 16.2. The Morgan fingerprint density at radius 1 is 1.18 bits per heavy atom. The Balaban J connectivity index is 1.48. The molecule has 2 aromatic carbocycles. The standard InChI is InChI=1S/C21H20ClN3O3/c1-13(26)24-8-7-14-9-18(5-6-19(14)24)25-12-15(10-20(25)27)21(28)23-17-4-2-3-16(22)11-17/h2-6,9,11,15H,7-8,10,12H2,1H3,(H,23,28)/t15-/m1/s1. The van der Waals surface area contributed by atoms with Gasteiger partial charge in [0.2, 0.25) is 17.7 Å². The van der Waals surface area contributed by atoms with E-state index in [2.05, 4.69) is 5.32 Å². The molecule has 2 heterocycles. The van der Waals surface area contributed by atoms with Crippen LogP contribution >= 0.6 is 11.6 Å². The Morgan fingerprint density at radius 2 is 2.00 bits per heavy atom. The Bertz CT molecular complexity index is 975. The van der Waals surface area contributed by atoms with E-state index in [9.17, 15) is 14.4 Å². The van der Waals surface area contributed by atoms with Crippen molar-refractivity contribution in [3.8, 4) is 0 Å². The van der Waals surface area contributed by atoms with Crippen molar-refractivity contribution in [1.29, 1.82) is 0 Å². The Kier molecular flexibility index (Phi) is 4.81. The third-order valence-corrected chi connectivity index (χ3v) is 5.47. The number of nitrogens with one attached hydrogen (secondary N) is 1. The number of anilines is 3. The molecule has 1 saturated heterocycles. The summed E-state index contributed by atoms with van der Waals surface area (Å²) < 4.78 is 0. The van der Waals surface area contributed by atoms with E-state index in [1.807, 2.05) is 18.2 Å². The fourth-order valence-corrected chi connectivity index (χ4v) is 4.02. The van der Waals surface area contributed by atoms with Crippen molar-refractivity contribution in [3.63, 3.8) is 0 Å². The monoisotopic (exact) mass is 397 g/mol. The molecule has 3 amide bonds. The maximum atomic E-state index is 12.6. The molecule has 0 bridgehead atoms. The summed E-state index contributed by atoms with van der Waals surface area (Å²) in [6, 6.07) is 12.6. The summed E-state index contributed by atoms with van der Waals surface area (Å²) in [7, 11) is 0. The molecule has 0 aliphatic carbocycles. The highest BCUT2D eigenvalue weighted by molar-refractivity contribution is 6.30. The van der Waals surface area contributed by atoms with Gasteiger partial charge in [0.05, 0.1) is 5.92 Å². The molecule has 0 saturated carbocycles. The van der Waals surface area contributed by atoms with Crippen molar-refractivity contribution in [2.24, 2.45) is 5.92 Å². The molecule has 28 heavy (non-hydrogen) atoms. The number of rotatable bonds is 3. The van der Waals surface area contributed by atoms with Gasteiger partial charge in [-0.1, -0.05) is 17.7 Å². The first kappa shape index (κ1) is 18.5. The van der Waals surface area contributed by atoms with Gasteiger partial charge in [0.25, 0.3) is 0 Å². The molecule has 4 rings (SSSR count). The minimum Gasteiger partial charge on any atom is -0.326 e. The number of halogens is 1. The molecule has 0 radical (unpaired) electrons. The van der Waals surface area contributed by atoms with Crippen LogP contribution in [0.25, 0.3) is 0 Å². The fraction of sp³-hybridized carbons (Fsp3) is 0.286. The minimum atomic E-state index is -0.423. The van der Waals surface area contributed by atoms with Gasteiger partial charge in [0.1, 0.15) is 0 Å². The largest absolute Gasteiger partial charge is 0.326 e. The number of amides is 3. The molecular formula is C21H20ClN3O3. The molecule has 0 aromatic heterocycles. The van der Waals surface area contributed by atoms with Crippen LogP contribution in [0.15, 0.2) is 42.5 Å². The molecule has 144 valence electrons. The van der Waals surface area contributed by atoms with E-state index < -0.39 is 5.92 Å². The summed E-state index contributed by atoms with van der Waals surface area (Å²) in [5, 5.41) is 3.37. The van der Waals surface area contributed by atoms with Crippen molar-refractivity contribution >= 4 is 46.4 Å². The summed E-state index contributed by atoms with van der Waals surface area (Å²) in [4.78, 5) is 40.2. The van der Waals surface area contributed by atoms with Crippen molar-refractivity contribution < 1.29 is 14.4 Å². The van der Waals surface area contributed by atoms with E-state index in [0.717, 1.165) is 23.4 Å². The summed E-state index contributed by atoms with van der Waals surface area (Å²) in [6.45, 7) is 2.54. The number of carbonyl (C=O) groups excluding carboxylic acids is 3. The van der Waals surface area contributed by atoms with E-state index in [1.54, 1.807) is 41.0 Å². The molecule has 1 atom stereocenters. The van der Waals surface area contributed by atoms with Crippen LogP contribution in [-0.2, 0) is 20.8 Å². The van der Waals surface area contributed by atoms with Gasteiger partial charge in [-0.2, -0.15) is 0 Å². The molecule has 0 unspecified atom stereocenters. The molecule has 7 heteroatoms. The van der Waals surface area contributed by atoms with Crippen molar-refractivity contribution in [1.82, 2.24) is 0 Å². The van der Waals surface area contributed by atoms with Crippen molar-refractivity contribution in [3.05, 3.63) is 53.1 Å². The quantitative estimate of drug-likeness (QED) is 0.864. The number of hydrogen-bond donors (Lipinski definition) is 1. The highest BCUT2D eigenvalue weighted by Gasteiger charge is 2.36. The highest BCUT2D eigenvalue weighted by Crippen LogP contribution is 2.34. The molecule has 2 aliphatic rings. The first-order valence-corrected chi connectivity index (χ1v) is 9.58. The minimum absolute atomic E-state index is 0.0153. The highest BCUT2D eigenvalue weighted by atomic mass is 35.5. The predicted molar refractivity (Wildman–Crippen MR) is 109 cm³/mol. The number of fused-ring (bicyclic) bond motifs is 1. The number of nitrogens with zero attached hydrogens (tertiary/aromatic N) is 2. The maximum Gasteiger partial charge on any atom is 0.229 e. The summed E-state index contributed by atoms with van der Waals surface area (Å²) in [5.74, 6) is -0.676. The average Bonchev–Trinajstić information content (AvgIpc) is 3.24. The lowest BCUT2D eigenvalue weighted by molar-refractivity contribution is -0.122. The van der Waals surface area contributed by atoms with Gasteiger partial charge < -0.3 is 15.1 Å². The Morgan fingerprint density at radius 3 is 2.75 bits per heavy atom. The topological polar surface area (TPSA) is 69.7 Å². The Labute approximate surface area is 168 Å². The summed E-state index contributed by atoms with van der Waals surface area (Å²) >= 11 is 5.95. The molecule has 1 N–H and O–H groups in total. The number of carbonyl (C=O) groups is 3. The molecule has 1 fully saturated rings. The van der Waals surface area contributed by atoms with Crippen LogP contribution in [0.2, 0.25) is 5.02 Å². The van der Waals surface area contributed by atoms with E-state index in [-0.39, 0.29) is 24.1 Å². The third-order valence-electron chi connectivity index (χ3n) is 5.24. The normalized spacial score (nSPS) is 18.4. The van der Waals surface area contributed by atoms with Gasteiger partial charge in [-0.25, -0.2) is 0 Å². The second-order valence-electron chi connectivity index (χ2n) is 7.14. The second kappa shape index (κ2) is 7.28. The summed E-state index contributed by atoms with van der Waals surface area (Å²) in [5.41, 5.74) is 3.34. The smallest absolute Gasteiger partial charge is 0.229 e. The Hall–Kier alpha value is -2.86. The average molecular weight is 398 g/mol. The van der Waals surface area contributed by atoms with Crippen LogP contribution < -0.4 is 15.1 Å². The van der Waals surface area contributed by atoms with Crippen LogP contribution in [0.3, 0.4) is 0 Å². The van der Waals surface area contributed by atoms with Gasteiger partial charge in [-0.15, -0.1) is 0 Å². The number of benzene rings is 2. The SMILES string of the molecule is CC(=O)N1CCc2cc(N3C[C@H](C(=O)Nc4cccc(Cl)c4)CC3=O)ccc21. The van der Waals surface area contributed by atoms with E-state index in [1.165, 1.54) is 0 Å². The van der Waals surface area contributed by atoms with Crippen molar-refractivity contribution in [2.45, 2.75) is 19.8 Å². The lowest BCUT2D eigenvalue weighted by atomic mass is 10.1. The lowest BCUT2D eigenvalue weighted by Gasteiger charge is -2.19. The molecule has 0 spiro atoms. The number of hydrogen-bond acceptors (Lipinski definition) is 3. The van der Waals surface area contributed by atoms with Crippen LogP contribution in [0.1, 0.15) is 18.9 Å². The fourth-order valence-electron chi connectivity index (χ4n) is 3.83. The second-order valence-corrected chi connectivity index (χ2v) is 7.58. The van der Waals surface area contributed by atoms with Crippen molar-refractivity contribution in [2.75, 3.05) is 28.2 Å². The molecule has 6 nitrogen and oxygen atoms in total. The zero-order valence-electron chi connectivity index (χ0n) is 15.4. The van der Waals surface area contributed by atoms with Crippen LogP contribution in [0.5, 0.6) is 0 Å². The molecule has 2 aliphatic heterocycles. The van der Waals surface area contributed by atoms with Gasteiger partial charge in [0.15, 0.2) is 0 Å². The van der Waals surface area contributed by atoms with Gasteiger partial charge in [0, 0.05) is 48.5 Å². The van der Waals surface area contributed by atoms with Crippen LogP contribution in [0, 0.1) is 5.92 Å². The molecular weight excluding hydrogens is 378 g/mol. The predicted octanol–water partition coefficient (Wildman–Crippen LogP) is 3.24. The first-order chi connectivity index (χ1) is 13.4. The van der Waals surface area contributed by atoms with Crippen LogP contribution in [-0.4, -0.2) is 30.8 Å². The van der Waals surface area contributed by atoms with Gasteiger partial charge >= 0.3 is 0 Å². The maximum absolute atomic E-state index is 12.6. The first-order valence-electron chi connectivity index (χ1n) is 9.20. The van der Waals surface area contributed by atoms with E-state index in [4.69, 9.17) is 11.6 Å². The third kappa shape index (κ3) is 3.47. The zero-order chi connectivity index (χ0) is 19.8. The summed E-state index contributed by atoms with van der Waals surface area (Å²) in [6.07, 6.45) is 0.937. The van der Waals surface area contributed by atoms with Crippen LogP contribution in [0.4, 0.5) is 17.1 Å². The van der Waals surface area contributed by atoms with Gasteiger partial charge in [-0.3, -0.25) is 14.4 Å². The molecule has 2 aromatic rings. The van der Waals surface area contributed by atoms with E-state index in [0.29, 0.717) is 23.8 Å². The lowest BCUT2D eigenvalue weighted by Crippen LogP contribution is -2.28.